The van der Waals surface area contributed by atoms with E-state index in [4.69, 9.17) is 0 Å². The average Bonchev–Trinajstić information content (AvgIpc) is 2.91. The molecule has 0 aliphatic heterocycles. The molecule has 0 unspecified atom stereocenters. The van der Waals surface area contributed by atoms with Gasteiger partial charge in [-0.25, -0.2) is 4.52 Å². The van der Waals surface area contributed by atoms with Gasteiger partial charge in [0.1, 0.15) is 0 Å². The van der Waals surface area contributed by atoms with Crippen molar-refractivity contribution in [3.8, 4) is 0 Å². The van der Waals surface area contributed by atoms with Crippen molar-refractivity contribution in [2.45, 2.75) is 20.4 Å². The van der Waals surface area contributed by atoms with Gasteiger partial charge in [-0.3, -0.25) is 4.68 Å². The maximum Gasteiger partial charge on any atom is 0.243 e. The summed E-state index contributed by atoms with van der Waals surface area (Å²) in [6, 6.07) is 5.94. The Balaban J connectivity index is 1.82. The molecule has 0 fully saturated rings. The van der Waals surface area contributed by atoms with E-state index in [0.717, 1.165) is 22.6 Å². The van der Waals surface area contributed by atoms with Crippen molar-refractivity contribution in [1.82, 2.24) is 24.4 Å². The van der Waals surface area contributed by atoms with Crippen LogP contribution in [-0.2, 0) is 13.6 Å². The van der Waals surface area contributed by atoms with E-state index in [1.807, 2.05) is 54.5 Å². The highest BCUT2D eigenvalue weighted by Gasteiger charge is 2.07. The van der Waals surface area contributed by atoms with Gasteiger partial charge in [0, 0.05) is 31.0 Å². The number of pyridine rings is 1. The van der Waals surface area contributed by atoms with Crippen molar-refractivity contribution < 1.29 is 0 Å². The van der Waals surface area contributed by atoms with Crippen LogP contribution in [0.15, 0.2) is 24.4 Å². The molecule has 0 aliphatic carbocycles. The normalized spacial score (nSPS) is 11.1. The summed E-state index contributed by atoms with van der Waals surface area (Å²) in [6.45, 7) is 4.69. The van der Waals surface area contributed by atoms with Crippen molar-refractivity contribution in [2.75, 3.05) is 5.32 Å². The molecule has 1 N–H and O–H groups in total. The lowest BCUT2D eigenvalue weighted by Crippen LogP contribution is -2.02. The fourth-order valence-corrected chi connectivity index (χ4v) is 2.11. The molecule has 0 bridgehead atoms. The molecule has 0 spiro atoms. The molecule has 0 saturated heterocycles. The summed E-state index contributed by atoms with van der Waals surface area (Å²) >= 11 is 0. The zero-order valence-electron chi connectivity index (χ0n) is 11.3. The first kappa shape index (κ1) is 11.7. The van der Waals surface area contributed by atoms with Gasteiger partial charge in [-0.05, 0) is 26.0 Å². The second kappa shape index (κ2) is 4.38. The Morgan fingerprint density at radius 3 is 2.74 bits per heavy atom. The van der Waals surface area contributed by atoms with Gasteiger partial charge < -0.3 is 5.32 Å². The number of hydrogen-bond acceptors (Lipinski definition) is 4. The van der Waals surface area contributed by atoms with E-state index in [1.54, 1.807) is 0 Å². The molecule has 3 aromatic heterocycles. The van der Waals surface area contributed by atoms with Gasteiger partial charge in [0.05, 0.1) is 5.69 Å². The predicted molar refractivity (Wildman–Crippen MR) is 73.0 cm³/mol. The third kappa shape index (κ3) is 2.16. The minimum Gasteiger partial charge on any atom is -0.349 e. The van der Waals surface area contributed by atoms with E-state index in [-0.39, 0.29) is 0 Å². The number of aromatic nitrogens is 5. The monoisotopic (exact) mass is 256 g/mol. The van der Waals surface area contributed by atoms with Crippen LogP contribution in [0.25, 0.3) is 5.65 Å². The topological polar surface area (TPSA) is 60.0 Å². The summed E-state index contributed by atoms with van der Waals surface area (Å²) in [5.74, 6) is 0.637. The Morgan fingerprint density at radius 1 is 1.21 bits per heavy atom. The summed E-state index contributed by atoms with van der Waals surface area (Å²) in [6.07, 6.45) is 2.00. The van der Waals surface area contributed by atoms with Gasteiger partial charge in [-0.2, -0.15) is 10.1 Å². The van der Waals surface area contributed by atoms with Gasteiger partial charge in [0.15, 0.2) is 5.65 Å². The summed E-state index contributed by atoms with van der Waals surface area (Å²) in [4.78, 5) is 4.44. The molecule has 3 rings (SSSR count). The molecule has 98 valence electrons. The molecule has 0 atom stereocenters. The van der Waals surface area contributed by atoms with Gasteiger partial charge in [0.25, 0.3) is 0 Å². The number of hydrogen-bond donors (Lipinski definition) is 1. The Hall–Kier alpha value is -2.37. The molecule has 0 aliphatic rings. The summed E-state index contributed by atoms with van der Waals surface area (Å²) in [5.41, 5.74) is 4.09. The highest BCUT2D eigenvalue weighted by atomic mass is 15.4. The highest BCUT2D eigenvalue weighted by Crippen LogP contribution is 2.10. The van der Waals surface area contributed by atoms with Crippen LogP contribution < -0.4 is 5.32 Å². The van der Waals surface area contributed by atoms with E-state index in [9.17, 15) is 0 Å². The minimum absolute atomic E-state index is 0.637. The molecule has 3 aromatic rings. The van der Waals surface area contributed by atoms with Crippen molar-refractivity contribution in [2.24, 2.45) is 7.05 Å². The smallest absolute Gasteiger partial charge is 0.243 e. The first-order chi connectivity index (χ1) is 9.13. The van der Waals surface area contributed by atoms with Crippen molar-refractivity contribution in [3.63, 3.8) is 0 Å². The minimum atomic E-state index is 0.637. The molecule has 3 heterocycles. The van der Waals surface area contributed by atoms with E-state index < -0.39 is 0 Å². The maximum atomic E-state index is 4.44. The number of aryl methyl sites for hydroxylation is 3. The molecule has 6 heteroatoms. The van der Waals surface area contributed by atoms with Crippen LogP contribution in [-0.4, -0.2) is 24.4 Å². The SMILES string of the molecule is Cc1nn(C)cc1CNc1nc2cccc(C)n2n1. The second-order valence-electron chi connectivity index (χ2n) is 4.64. The van der Waals surface area contributed by atoms with Gasteiger partial charge in [0.2, 0.25) is 5.95 Å². The number of rotatable bonds is 3. The lowest BCUT2D eigenvalue weighted by Gasteiger charge is -1.99. The summed E-state index contributed by atoms with van der Waals surface area (Å²) < 4.78 is 3.64. The quantitative estimate of drug-likeness (QED) is 0.774. The van der Waals surface area contributed by atoms with E-state index in [1.165, 1.54) is 0 Å². The number of nitrogens with one attached hydrogen (secondary N) is 1. The molecular weight excluding hydrogens is 240 g/mol. The first-order valence-corrected chi connectivity index (χ1v) is 6.19. The highest BCUT2D eigenvalue weighted by molar-refractivity contribution is 5.44. The molecule has 19 heavy (non-hydrogen) atoms. The number of nitrogens with zero attached hydrogens (tertiary/aromatic N) is 5. The Morgan fingerprint density at radius 2 is 2.05 bits per heavy atom. The molecule has 0 aromatic carbocycles. The Kier molecular flexibility index (Phi) is 2.70. The molecule has 0 saturated carbocycles. The van der Waals surface area contributed by atoms with Crippen molar-refractivity contribution >= 4 is 11.6 Å². The molecule has 0 amide bonds. The van der Waals surface area contributed by atoms with Gasteiger partial charge in [-0.15, -0.1) is 5.10 Å². The second-order valence-corrected chi connectivity index (χ2v) is 4.64. The van der Waals surface area contributed by atoms with Crippen molar-refractivity contribution in [3.05, 3.63) is 41.3 Å². The maximum absolute atomic E-state index is 4.44. The third-order valence-corrected chi connectivity index (χ3v) is 3.10. The zero-order valence-corrected chi connectivity index (χ0v) is 11.3. The van der Waals surface area contributed by atoms with Crippen LogP contribution in [0.5, 0.6) is 0 Å². The van der Waals surface area contributed by atoms with Crippen LogP contribution in [0.4, 0.5) is 5.95 Å². The average molecular weight is 256 g/mol. The third-order valence-electron chi connectivity index (χ3n) is 3.10. The summed E-state index contributed by atoms with van der Waals surface area (Å²) in [7, 11) is 1.92. The first-order valence-electron chi connectivity index (χ1n) is 6.19. The number of anilines is 1. The van der Waals surface area contributed by atoms with Crippen LogP contribution in [0.2, 0.25) is 0 Å². The standard InChI is InChI=1S/C13H16N6/c1-9-5-4-6-12-15-13(17-19(9)12)14-7-11-8-18(3)16-10(11)2/h4-6,8H,7H2,1-3H3,(H,14,17). The van der Waals surface area contributed by atoms with E-state index in [0.29, 0.717) is 12.5 Å². The van der Waals surface area contributed by atoms with E-state index in [2.05, 4.69) is 20.5 Å². The molecule has 6 nitrogen and oxygen atoms in total. The van der Waals surface area contributed by atoms with Gasteiger partial charge in [-0.1, -0.05) is 6.07 Å². The Labute approximate surface area is 111 Å². The molecule has 0 radical (unpaired) electrons. The zero-order chi connectivity index (χ0) is 13.4. The fourth-order valence-electron chi connectivity index (χ4n) is 2.11. The van der Waals surface area contributed by atoms with E-state index >= 15 is 0 Å². The molecular formula is C13H16N6. The number of fused-ring (bicyclic) bond motifs is 1. The van der Waals surface area contributed by atoms with Gasteiger partial charge >= 0.3 is 0 Å². The summed E-state index contributed by atoms with van der Waals surface area (Å²) in [5, 5.41) is 12.0. The van der Waals surface area contributed by atoms with Crippen LogP contribution in [0.1, 0.15) is 17.0 Å². The largest absolute Gasteiger partial charge is 0.349 e. The fraction of sp³-hybridized carbons (Fsp3) is 0.308. The predicted octanol–water partition coefficient (Wildman–Crippen LogP) is 1.69. The lowest BCUT2D eigenvalue weighted by atomic mass is 10.3. The van der Waals surface area contributed by atoms with Crippen LogP contribution in [0.3, 0.4) is 0 Å². The lowest BCUT2D eigenvalue weighted by molar-refractivity contribution is 0.756. The van der Waals surface area contributed by atoms with Crippen LogP contribution in [0, 0.1) is 13.8 Å². The Bertz CT molecular complexity index is 724. The van der Waals surface area contributed by atoms with Crippen LogP contribution >= 0.6 is 0 Å². The van der Waals surface area contributed by atoms with Crippen molar-refractivity contribution in [1.29, 1.82) is 0 Å².